The van der Waals surface area contributed by atoms with E-state index in [-0.39, 0.29) is 6.04 Å². The van der Waals surface area contributed by atoms with Crippen LogP contribution in [-0.2, 0) is 6.42 Å². The van der Waals surface area contributed by atoms with E-state index in [0.29, 0.717) is 6.61 Å². The molecule has 118 valence electrons. The SMILES string of the molecule is CCOc1ccc2[nH]c3c(c2c1)CCNC3c1cccc(I)c1. The van der Waals surface area contributed by atoms with E-state index < -0.39 is 0 Å². The van der Waals surface area contributed by atoms with E-state index in [1.165, 1.54) is 31.3 Å². The Bertz CT molecular complexity index is 856. The van der Waals surface area contributed by atoms with E-state index in [2.05, 4.69) is 69.3 Å². The topological polar surface area (TPSA) is 37.0 Å². The Hall–Kier alpha value is -1.53. The first-order chi connectivity index (χ1) is 11.3. The van der Waals surface area contributed by atoms with Crippen LogP contribution in [0.2, 0.25) is 0 Å². The monoisotopic (exact) mass is 418 g/mol. The third-order valence-corrected chi connectivity index (χ3v) is 5.09. The van der Waals surface area contributed by atoms with Crippen LogP contribution in [0.15, 0.2) is 42.5 Å². The predicted octanol–water partition coefficient (Wildman–Crippen LogP) is 4.41. The highest BCUT2D eigenvalue weighted by atomic mass is 127. The summed E-state index contributed by atoms with van der Waals surface area (Å²) >= 11 is 2.37. The minimum Gasteiger partial charge on any atom is -0.494 e. The summed E-state index contributed by atoms with van der Waals surface area (Å²) < 4.78 is 6.94. The number of hydrogen-bond acceptors (Lipinski definition) is 2. The molecule has 1 unspecified atom stereocenters. The molecule has 0 saturated carbocycles. The van der Waals surface area contributed by atoms with Crippen LogP contribution in [0.1, 0.15) is 29.8 Å². The molecule has 1 atom stereocenters. The number of benzene rings is 2. The van der Waals surface area contributed by atoms with E-state index in [1.54, 1.807) is 0 Å². The van der Waals surface area contributed by atoms with Crippen LogP contribution < -0.4 is 10.1 Å². The Morgan fingerprint density at radius 1 is 1.22 bits per heavy atom. The van der Waals surface area contributed by atoms with E-state index in [1.807, 2.05) is 13.0 Å². The summed E-state index contributed by atoms with van der Waals surface area (Å²) in [5.41, 5.74) is 5.22. The molecular weight excluding hydrogens is 399 g/mol. The zero-order chi connectivity index (χ0) is 15.8. The average molecular weight is 418 g/mol. The van der Waals surface area contributed by atoms with Gasteiger partial charge in [-0.3, -0.25) is 0 Å². The lowest BCUT2D eigenvalue weighted by Crippen LogP contribution is -2.30. The lowest BCUT2D eigenvalue weighted by Gasteiger charge is -2.25. The van der Waals surface area contributed by atoms with Gasteiger partial charge in [-0.2, -0.15) is 0 Å². The van der Waals surface area contributed by atoms with Gasteiger partial charge in [0.1, 0.15) is 5.75 Å². The van der Waals surface area contributed by atoms with E-state index in [9.17, 15) is 0 Å². The van der Waals surface area contributed by atoms with E-state index in [4.69, 9.17) is 4.74 Å². The second-order valence-electron chi connectivity index (χ2n) is 5.85. The summed E-state index contributed by atoms with van der Waals surface area (Å²) in [7, 11) is 0. The minimum atomic E-state index is 0.233. The Balaban J connectivity index is 1.83. The van der Waals surface area contributed by atoms with Crippen molar-refractivity contribution in [2.24, 2.45) is 0 Å². The highest BCUT2D eigenvalue weighted by Gasteiger charge is 2.25. The second kappa shape index (κ2) is 6.17. The third-order valence-electron chi connectivity index (χ3n) is 4.42. The summed E-state index contributed by atoms with van der Waals surface area (Å²) in [5, 5.41) is 4.95. The Morgan fingerprint density at radius 3 is 2.96 bits per heavy atom. The molecule has 1 aliphatic heterocycles. The summed E-state index contributed by atoms with van der Waals surface area (Å²) in [6.45, 7) is 3.72. The molecular formula is C19H19IN2O. The van der Waals surface area contributed by atoms with Gasteiger partial charge in [0.2, 0.25) is 0 Å². The van der Waals surface area contributed by atoms with Crippen LogP contribution in [0, 0.1) is 3.57 Å². The Labute approximate surface area is 149 Å². The first-order valence-corrected chi connectivity index (χ1v) is 9.10. The zero-order valence-electron chi connectivity index (χ0n) is 13.0. The normalized spacial score (nSPS) is 17.2. The van der Waals surface area contributed by atoms with Crippen LogP contribution in [0.25, 0.3) is 10.9 Å². The van der Waals surface area contributed by atoms with Crippen LogP contribution in [0.5, 0.6) is 5.75 Å². The van der Waals surface area contributed by atoms with Gasteiger partial charge in [0.15, 0.2) is 0 Å². The number of ether oxygens (including phenoxy) is 1. The molecule has 0 radical (unpaired) electrons. The van der Waals surface area contributed by atoms with Gasteiger partial charge < -0.3 is 15.0 Å². The molecule has 2 N–H and O–H groups in total. The summed E-state index contributed by atoms with van der Waals surface area (Å²) in [5.74, 6) is 0.950. The molecule has 0 amide bonds. The lowest BCUT2D eigenvalue weighted by molar-refractivity contribution is 0.340. The first kappa shape index (κ1) is 15.0. The van der Waals surface area contributed by atoms with E-state index in [0.717, 1.165) is 18.7 Å². The second-order valence-corrected chi connectivity index (χ2v) is 7.10. The lowest BCUT2D eigenvalue weighted by atomic mass is 9.94. The minimum absolute atomic E-state index is 0.233. The van der Waals surface area contributed by atoms with Gasteiger partial charge in [0, 0.05) is 26.7 Å². The summed E-state index contributed by atoms with van der Waals surface area (Å²) in [4.78, 5) is 3.63. The van der Waals surface area contributed by atoms with Gasteiger partial charge in [-0.1, -0.05) is 12.1 Å². The molecule has 0 saturated heterocycles. The van der Waals surface area contributed by atoms with Gasteiger partial charge in [0.05, 0.1) is 12.6 Å². The van der Waals surface area contributed by atoms with Crippen molar-refractivity contribution in [3.8, 4) is 5.75 Å². The third kappa shape index (κ3) is 2.74. The number of H-pyrrole nitrogens is 1. The number of aromatic nitrogens is 1. The van der Waals surface area contributed by atoms with Crippen LogP contribution in [0.4, 0.5) is 0 Å². The Kier molecular flexibility index (Phi) is 4.03. The molecule has 0 bridgehead atoms. The summed E-state index contributed by atoms with van der Waals surface area (Å²) in [6, 6.07) is 15.3. The van der Waals surface area contributed by atoms with Gasteiger partial charge >= 0.3 is 0 Å². The molecule has 0 spiro atoms. The van der Waals surface area contributed by atoms with Crippen molar-refractivity contribution in [3.05, 3.63) is 62.9 Å². The molecule has 0 fully saturated rings. The number of aromatic amines is 1. The maximum absolute atomic E-state index is 5.67. The molecule has 3 aromatic rings. The van der Waals surface area contributed by atoms with Crippen molar-refractivity contribution in [1.29, 1.82) is 0 Å². The fourth-order valence-electron chi connectivity index (χ4n) is 3.43. The predicted molar refractivity (Wildman–Crippen MR) is 102 cm³/mol. The molecule has 2 heterocycles. The van der Waals surface area contributed by atoms with Crippen molar-refractivity contribution in [2.75, 3.05) is 13.2 Å². The fourth-order valence-corrected chi connectivity index (χ4v) is 4.00. The number of nitrogens with one attached hydrogen (secondary N) is 2. The van der Waals surface area contributed by atoms with Gasteiger partial charge in [-0.05, 0) is 77.4 Å². The largest absolute Gasteiger partial charge is 0.494 e. The van der Waals surface area contributed by atoms with Crippen molar-refractivity contribution in [1.82, 2.24) is 10.3 Å². The van der Waals surface area contributed by atoms with Crippen LogP contribution in [-0.4, -0.2) is 18.1 Å². The highest BCUT2D eigenvalue weighted by Crippen LogP contribution is 2.35. The number of hydrogen-bond donors (Lipinski definition) is 2. The molecule has 0 aliphatic carbocycles. The quantitative estimate of drug-likeness (QED) is 0.619. The van der Waals surface area contributed by atoms with Gasteiger partial charge in [0.25, 0.3) is 0 Å². The standard InChI is InChI=1S/C19H19IN2O/c1-2-23-14-6-7-17-16(11-14)15-8-9-21-18(19(15)22-17)12-4-3-5-13(20)10-12/h3-7,10-11,18,21-22H,2,8-9H2,1H3. The van der Waals surface area contributed by atoms with E-state index >= 15 is 0 Å². The van der Waals surface area contributed by atoms with Gasteiger partial charge in [-0.25, -0.2) is 0 Å². The zero-order valence-corrected chi connectivity index (χ0v) is 15.2. The fraction of sp³-hybridized carbons (Fsp3) is 0.263. The number of halogens is 1. The maximum atomic E-state index is 5.67. The smallest absolute Gasteiger partial charge is 0.120 e. The van der Waals surface area contributed by atoms with Crippen molar-refractivity contribution < 1.29 is 4.74 Å². The van der Waals surface area contributed by atoms with Crippen molar-refractivity contribution in [2.45, 2.75) is 19.4 Å². The van der Waals surface area contributed by atoms with Crippen molar-refractivity contribution >= 4 is 33.5 Å². The highest BCUT2D eigenvalue weighted by molar-refractivity contribution is 14.1. The molecule has 3 nitrogen and oxygen atoms in total. The molecule has 2 aromatic carbocycles. The maximum Gasteiger partial charge on any atom is 0.120 e. The molecule has 23 heavy (non-hydrogen) atoms. The molecule has 4 heteroatoms. The molecule has 1 aromatic heterocycles. The van der Waals surface area contributed by atoms with Crippen molar-refractivity contribution in [3.63, 3.8) is 0 Å². The molecule has 4 rings (SSSR count). The van der Waals surface area contributed by atoms with Crippen LogP contribution in [0.3, 0.4) is 0 Å². The number of fused-ring (bicyclic) bond motifs is 3. The Morgan fingerprint density at radius 2 is 2.13 bits per heavy atom. The number of rotatable bonds is 3. The molecule has 1 aliphatic rings. The van der Waals surface area contributed by atoms with Crippen LogP contribution >= 0.6 is 22.6 Å². The average Bonchev–Trinajstić information content (AvgIpc) is 2.93. The summed E-state index contributed by atoms with van der Waals surface area (Å²) in [6.07, 6.45) is 1.05. The van der Waals surface area contributed by atoms with Gasteiger partial charge in [-0.15, -0.1) is 0 Å². The first-order valence-electron chi connectivity index (χ1n) is 8.02.